The summed E-state index contributed by atoms with van der Waals surface area (Å²) in [4.78, 5) is 16.5. The van der Waals surface area contributed by atoms with Gasteiger partial charge in [0, 0.05) is 29.4 Å². The summed E-state index contributed by atoms with van der Waals surface area (Å²) in [5, 5.41) is 19.6. The van der Waals surface area contributed by atoms with Gasteiger partial charge in [-0.2, -0.15) is 23.5 Å². The molecule has 188 valence electrons. The quantitative estimate of drug-likeness (QED) is 0.346. The van der Waals surface area contributed by atoms with Gasteiger partial charge >= 0.3 is 6.18 Å². The van der Waals surface area contributed by atoms with Crippen molar-refractivity contribution in [2.45, 2.75) is 57.2 Å². The van der Waals surface area contributed by atoms with Crippen molar-refractivity contribution in [1.82, 2.24) is 20.1 Å². The highest BCUT2D eigenvalue weighted by Gasteiger charge is 2.34. The van der Waals surface area contributed by atoms with E-state index >= 15 is 0 Å². The number of pyridine rings is 1. The molecule has 0 bridgehead atoms. The molecule has 1 aromatic carbocycles. The summed E-state index contributed by atoms with van der Waals surface area (Å²) in [5.41, 5.74) is 0.284. The maximum atomic E-state index is 13.5. The Bertz CT molecular complexity index is 1330. The molecule has 1 fully saturated rings. The summed E-state index contributed by atoms with van der Waals surface area (Å²) < 4.78 is 54.3. The zero-order valence-corrected chi connectivity index (χ0v) is 19.3. The molecule has 1 unspecified atom stereocenters. The largest absolute Gasteiger partial charge is 0.433 e. The highest BCUT2D eigenvalue weighted by molar-refractivity contribution is 5.96. The van der Waals surface area contributed by atoms with E-state index in [1.165, 1.54) is 6.20 Å². The van der Waals surface area contributed by atoms with E-state index in [0.717, 1.165) is 22.7 Å². The lowest BCUT2D eigenvalue weighted by molar-refractivity contribution is -0.140. The predicted molar refractivity (Wildman–Crippen MR) is 126 cm³/mol. The molecule has 2 N–H and O–H groups in total. The Hall–Kier alpha value is -3.94. The van der Waals surface area contributed by atoms with E-state index < -0.39 is 24.6 Å². The van der Waals surface area contributed by atoms with Gasteiger partial charge in [0.1, 0.15) is 11.8 Å². The number of amides is 1. The number of allylic oxidation sites excluding steroid dienone is 1. The second kappa shape index (κ2) is 10.4. The van der Waals surface area contributed by atoms with Gasteiger partial charge in [-0.15, -0.1) is 6.58 Å². The van der Waals surface area contributed by atoms with Gasteiger partial charge in [0.2, 0.25) is 0 Å². The third-order valence-corrected chi connectivity index (χ3v) is 6.15. The number of rotatable bonds is 7. The monoisotopic (exact) mass is 500 g/mol. The van der Waals surface area contributed by atoms with Crippen LogP contribution in [-0.2, 0) is 19.4 Å². The van der Waals surface area contributed by atoms with Crippen LogP contribution in [-0.4, -0.2) is 32.8 Å². The average Bonchev–Trinajstić information content (AvgIpc) is 3.28. The van der Waals surface area contributed by atoms with Gasteiger partial charge in [-0.1, -0.05) is 12.1 Å². The number of hydrogen-bond donors (Lipinski definition) is 2. The Morgan fingerprint density at radius 2 is 2.06 bits per heavy atom. The van der Waals surface area contributed by atoms with Crippen LogP contribution in [0.1, 0.15) is 53.0 Å². The lowest BCUT2D eigenvalue weighted by Gasteiger charge is -2.31. The third-order valence-electron chi connectivity index (χ3n) is 6.15. The molecule has 1 aliphatic carbocycles. The third kappa shape index (κ3) is 5.48. The Morgan fingerprint density at radius 3 is 2.75 bits per heavy atom. The van der Waals surface area contributed by atoms with Crippen LogP contribution in [0.3, 0.4) is 0 Å². The second-order valence-corrected chi connectivity index (χ2v) is 8.74. The molecular formula is C25H24F4N6O. The van der Waals surface area contributed by atoms with Gasteiger partial charge in [-0.05, 0) is 55.9 Å². The number of nitrogens with one attached hydrogen (secondary N) is 2. The molecule has 0 saturated heterocycles. The van der Waals surface area contributed by atoms with E-state index in [1.807, 2.05) is 0 Å². The highest BCUT2D eigenvalue weighted by atomic mass is 19.4. The maximum Gasteiger partial charge on any atom is 0.433 e. The Balaban J connectivity index is 1.56. The van der Waals surface area contributed by atoms with Crippen molar-refractivity contribution < 1.29 is 22.4 Å². The van der Waals surface area contributed by atoms with Crippen molar-refractivity contribution in [3.05, 3.63) is 65.6 Å². The number of halogens is 4. The number of hydrogen-bond acceptors (Lipinski definition) is 5. The van der Waals surface area contributed by atoms with Crippen LogP contribution >= 0.6 is 0 Å². The predicted octanol–water partition coefficient (Wildman–Crippen LogP) is 5.13. The van der Waals surface area contributed by atoms with E-state index in [1.54, 1.807) is 30.3 Å². The summed E-state index contributed by atoms with van der Waals surface area (Å²) in [6.45, 7) is 2.75. The van der Waals surface area contributed by atoms with Crippen molar-refractivity contribution in [1.29, 1.82) is 5.26 Å². The van der Waals surface area contributed by atoms with E-state index in [0.29, 0.717) is 36.8 Å². The van der Waals surface area contributed by atoms with Gasteiger partial charge in [-0.3, -0.25) is 4.79 Å². The molecule has 0 spiro atoms. The van der Waals surface area contributed by atoms with E-state index in [9.17, 15) is 27.6 Å². The van der Waals surface area contributed by atoms with Crippen molar-refractivity contribution in [3.63, 3.8) is 0 Å². The van der Waals surface area contributed by atoms with Crippen LogP contribution in [0, 0.1) is 11.3 Å². The molecule has 1 aliphatic rings. The van der Waals surface area contributed by atoms with Crippen molar-refractivity contribution in [2.24, 2.45) is 0 Å². The second-order valence-electron chi connectivity index (χ2n) is 8.74. The number of benzene rings is 1. The first-order chi connectivity index (χ1) is 17.2. The molecule has 7 nitrogen and oxygen atoms in total. The van der Waals surface area contributed by atoms with Crippen molar-refractivity contribution in [2.75, 3.05) is 5.32 Å². The molecule has 1 saturated carbocycles. The lowest BCUT2D eigenvalue weighted by atomic mass is 9.90. The SMILES string of the molecule is C=CCc1ccc2nc(C(F)(F)F)cc(N[C@H]3CCCC(NC(=O)c4cn(CF)nc4C#N)C3)c2c1. The smallest absolute Gasteiger partial charge is 0.382 e. The molecule has 0 radical (unpaired) electrons. The van der Waals surface area contributed by atoms with Gasteiger partial charge in [0.05, 0.1) is 11.1 Å². The summed E-state index contributed by atoms with van der Waals surface area (Å²) >= 11 is 0. The topological polar surface area (TPSA) is 95.6 Å². The molecule has 3 aromatic rings. The summed E-state index contributed by atoms with van der Waals surface area (Å²) in [6, 6.07) is 7.42. The van der Waals surface area contributed by atoms with E-state index in [2.05, 4.69) is 27.3 Å². The molecule has 11 heteroatoms. The fourth-order valence-corrected chi connectivity index (χ4v) is 4.50. The maximum absolute atomic E-state index is 13.5. The fraction of sp³-hybridized carbons (Fsp3) is 0.360. The lowest BCUT2D eigenvalue weighted by Crippen LogP contribution is -2.42. The van der Waals surface area contributed by atoms with Gasteiger partial charge in [0.25, 0.3) is 5.91 Å². The number of anilines is 1. The minimum Gasteiger partial charge on any atom is -0.382 e. The number of aromatic nitrogens is 3. The molecule has 1 amide bonds. The summed E-state index contributed by atoms with van der Waals surface area (Å²) in [6.07, 6.45) is 1.42. The number of carbonyl (C=O) groups is 1. The minimum absolute atomic E-state index is 0.0186. The molecule has 4 rings (SSSR count). The number of fused-ring (bicyclic) bond motifs is 1. The first kappa shape index (κ1) is 25.2. The van der Waals surface area contributed by atoms with Crippen LogP contribution in [0.4, 0.5) is 23.2 Å². The molecule has 0 aliphatic heterocycles. The zero-order chi connectivity index (χ0) is 25.9. The zero-order valence-electron chi connectivity index (χ0n) is 19.3. The molecule has 36 heavy (non-hydrogen) atoms. The highest BCUT2D eigenvalue weighted by Crippen LogP contribution is 2.35. The number of nitrogens with zero attached hydrogens (tertiary/aromatic N) is 4. The van der Waals surface area contributed by atoms with Gasteiger partial charge < -0.3 is 10.6 Å². The van der Waals surface area contributed by atoms with Crippen LogP contribution in [0.15, 0.2) is 43.1 Å². The van der Waals surface area contributed by atoms with Crippen molar-refractivity contribution >= 4 is 22.5 Å². The summed E-state index contributed by atoms with van der Waals surface area (Å²) in [5.74, 6) is -0.542. The van der Waals surface area contributed by atoms with Crippen molar-refractivity contribution in [3.8, 4) is 6.07 Å². The van der Waals surface area contributed by atoms with Gasteiger partial charge in [0.15, 0.2) is 12.5 Å². The first-order valence-electron chi connectivity index (χ1n) is 11.4. The van der Waals surface area contributed by atoms with E-state index in [4.69, 9.17) is 0 Å². The molecule has 2 heterocycles. The van der Waals surface area contributed by atoms with E-state index in [-0.39, 0.29) is 28.9 Å². The minimum atomic E-state index is -4.60. The molecule has 2 atom stereocenters. The number of nitriles is 1. The normalized spacial score (nSPS) is 18.0. The fourth-order valence-electron chi connectivity index (χ4n) is 4.50. The standard InChI is InChI=1S/C25H24F4N6O/c1-2-4-15-7-8-20-18(9-15)21(11-23(33-20)25(27,28)29)31-16-5-3-6-17(10-16)32-24(36)19-13-35(14-26)34-22(19)12-30/h2,7-9,11,13,16-17H,1,3-6,10,14H2,(H,31,33)(H,32,36)/t16-,17?/m0/s1. The average molecular weight is 501 g/mol. The first-order valence-corrected chi connectivity index (χ1v) is 11.4. The van der Waals surface area contributed by atoms with Gasteiger partial charge in [-0.25, -0.2) is 14.1 Å². The molecular weight excluding hydrogens is 476 g/mol. The van der Waals surface area contributed by atoms with Crippen LogP contribution < -0.4 is 10.6 Å². The number of alkyl halides is 4. The number of carbonyl (C=O) groups excluding carboxylic acids is 1. The summed E-state index contributed by atoms with van der Waals surface area (Å²) in [7, 11) is 0. The van der Waals surface area contributed by atoms with Crippen LogP contribution in [0.25, 0.3) is 10.9 Å². The Kier molecular flexibility index (Phi) is 7.24. The Labute approximate surface area is 204 Å². The van der Waals surface area contributed by atoms with Crippen LogP contribution in [0.5, 0.6) is 0 Å². The Morgan fingerprint density at radius 1 is 1.28 bits per heavy atom. The van der Waals surface area contributed by atoms with Crippen LogP contribution in [0.2, 0.25) is 0 Å². The molecule has 2 aromatic heterocycles.